The fraction of sp³-hybridized carbons (Fsp3) is 0.533. The molecule has 2 N–H and O–H groups in total. The van der Waals surface area contributed by atoms with Crippen LogP contribution in [-0.2, 0) is 4.79 Å². The summed E-state index contributed by atoms with van der Waals surface area (Å²) < 4.78 is 31.7. The molecule has 4 nitrogen and oxygen atoms in total. The first-order valence-corrected chi connectivity index (χ1v) is 7.17. The van der Waals surface area contributed by atoms with Crippen molar-refractivity contribution in [3.63, 3.8) is 0 Å². The molecule has 1 amide bonds. The minimum Gasteiger partial charge on any atom is -0.493 e. The molecule has 2 fully saturated rings. The van der Waals surface area contributed by atoms with Gasteiger partial charge in [0.1, 0.15) is 5.75 Å². The lowest BCUT2D eigenvalue weighted by Crippen LogP contribution is -2.35. The number of anilines is 1. The van der Waals surface area contributed by atoms with Crippen molar-refractivity contribution in [1.82, 2.24) is 5.32 Å². The predicted octanol–water partition coefficient (Wildman–Crippen LogP) is 2.83. The SMILES string of the molecule is Cl.O=C(Nc1ccc(OCC2CC2)cc1)C1CC(F)(F)CN1. The van der Waals surface area contributed by atoms with Crippen molar-refractivity contribution in [2.45, 2.75) is 31.2 Å². The zero-order chi connectivity index (χ0) is 14.9. The van der Waals surface area contributed by atoms with Crippen LogP contribution in [0.25, 0.3) is 0 Å². The van der Waals surface area contributed by atoms with Gasteiger partial charge in [-0.15, -0.1) is 12.4 Å². The molecule has 3 rings (SSSR count). The van der Waals surface area contributed by atoms with Crippen molar-refractivity contribution < 1.29 is 18.3 Å². The molecule has 1 aromatic rings. The molecule has 7 heteroatoms. The highest BCUT2D eigenvalue weighted by Gasteiger charge is 2.42. The summed E-state index contributed by atoms with van der Waals surface area (Å²) in [6, 6.07) is 6.13. The molecule has 122 valence electrons. The third-order valence-electron chi connectivity index (χ3n) is 3.73. The lowest BCUT2D eigenvalue weighted by atomic mass is 10.2. The van der Waals surface area contributed by atoms with Crippen LogP contribution in [-0.4, -0.2) is 31.0 Å². The molecule has 1 aliphatic heterocycles. The van der Waals surface area contributed by atoms with Crippen LogP contribution in [0.15, 0.2) is 24.3 Å². The van der Waals surface area contributed by atoms with Gasteiger partial charge < -0.3 is 10.1 Å². The van der Waals surface area contributed by atoms with E-state index in [0.717, 1.165) is 12.4 Å². The van der Waals surface area contributed by atoms with Crippen LogP contribution in [0.5, 0.6) is 5.75 Å². The number of hydrogen-bond donors (Lipinski definition) is 2. The van der Waals surface area contributed by atoms with Gasteiger partial charge in [0, 0.05) is 12.1 Å². The van der Waals surface area contributed by atoms with Crippen LogP contribution in [0.1, 0.15) is 19.3 Å². The Morgan fingerprint density at radius 2 is 2.00 bits per heavy atom. The van der Waals surface area contributed by atoms with Crippen LogP contribution in [0.3, 0.4) is 0 Å². The quantitative estimate of drug-likeness (QED) is 0.871. The smallest absolute Gasteiger partial charge is 0.262 e. The second kappa shape index (κ2) is 6.79. The van der Waals surface area contributed by atoms with Crippen LogP contribution >= 0.6 is 12.4 Å². The van der Waals surface area contributed by atoms with Gasteiger partial charge in [-0.3, -0.25) is 10.1 Å². The fourth-order valence-corrected chi connectivity index (χ4v) is 2.26. The van der Waals surface area contributed by atoms with Crippen LogP contribution in [0.4, 0.5) is 14.5 Å². The van der Waals surface area contributed by atoms with Gasteiger partial charge in [-0.25, -0.2) is 8.78 Å². The maximum atomic E-state index is 13.0. The normalized spacial score (nSPS) is 22.7. The molecule has 1 unspecified atom stereocenters. The molecule has 2 aliphatic rings. The Balaban J connectivity index is 0.00000176. The number of hydrogen-bond acceptors (Lipinski definition) is 3. The summed E-state index contributed by atoms with van der Waals surface area (Å²) in [6.07, 6.45) is 2.00. The molecule has 1 aliphatic carbocycles. The average molecular weight is 333 g/mol. The number of halogens is 3. The summed E-state index contributed by atoms with van der Waals surface area (Å²) >= 11 is 0. The maximum Gasteiger partial charge on any atom is 0.262 e. The summed E-state index contributed by atoms with van der Waals surface area (Å²) in [5, 5.41) is 5.17. The standard InChI is InChI=1S/C15H18F2N2O2.ClH/c16-15(17)7-13(18-9-15)14(20)19-11-3-5-12(6-4-11)21-8-10-1-2-10;/h3-6,10,13,18H,1-2,7-9H2,(H,19,20);1H. The Labute approximate surface area is 134 Å². The summed E-state index contributed by atoms with van der Waals surface area (Å²) in [5.41, 5.74) is 0.579. The highest BCUT2D eigenvalue weighted by Crippen LogP contribution is 2.30. The predicted molar refractivity (Wildman–Crippen MR) is 81.9 cm³/mol. The lowest BCUT2D eigenvalue weighted by Gasteiger charge is -2.12. The Bertz CT molecular complexity index is 521. The van der Waals surface area contributed by atoms with Crippen LogP contribution in [0.2, 0.25) is 0 Å². The van der Waals surface area contributed by atoms with E-state index >= 15 is 0 Å². The van der Waals surface area contributed by atoms with Gasteiger partial charge in [-0.05, 0) is 43.0 Å². The topological polar surface area (TPSA) is 50.4 Å². The van der Waals surface area contributed by atoms with Gasteiger partial charge in [0.2, 0.25) is 5.91 Å². The zero-order valence-corrected chi connectivity index (χ0v) is 12.8. The van der Waals surface area contributed by atoms with Crippen LogP contribution < -0.4 is 15.4 Å². The van der Waals surface area contributed by atoms with E-state index in [4.69, 9.17) is 4.74 Å². The second-order valence-corrected chi connectivity index (χ2v) is 5.76. The molecular weight excluding hydrogens is 314 g/mol. The van der Waals surface area contributed by atoms with E-state index < -0.39 is 30.8 Å². The van der Waals surface area contributed by atoms with E-state index in [-0.39, 0.29) is 12.4 Å². The molecule has 1 heterocycles. The van der Waals surface area contributed by atoms with E-state index in [9.17, 15) is 13.6 Å². The van der Waals surface area contributed by atoms with Crippen molar-refractivity contribution >= 4 is 24.0 Å². The maximum absolute atomic E-state index is 13.0. The van der Waals surface area contributed by atoms with E-state index in [0.29, 0.717) is 11.6 Å². The van der Waals surface area contributed by atoms with Crippen molar-refractivity contribution in [1.29, 1.82) is 0 Å². The Hall–Kier alpha value is -1.40. The number of carbonyl (C=O) groups is 1. The van der Waals surface area contributed by atoms with Crippen molar-refractivity contribution in [3.8, 4) is 5.75 Å². The molecule has 0 bridgehead atoms. The molecule has 0 spiro atoms. The minimum absolute atomic E-state index is 0. The van der Waals surface area contributed by atoms with Gasteiger partial charge in [0.25, 0.3) is 5.92 Å². The van der Waals surface area contributed by atoms with E-state index in [1.165, 1.54) is 12.8 Å². The number of rotatable bonds is 5. The number of carbonyl (C=O) groups excluding carboxylic acids is 1. The van der Waals surface area contributed by atoms with Gasteiger partial charge in [-0.2, -0.15) is 0 Å². The van der Waals surface area contributed by atoms with E-state index in [2.05, 4.69) is 10.6 Å². The Morgan fingerprint density at radius 3 is 2.55 bits per heavy atom. The second-order valence-electron chi connectivity index (χ2n) is 5.76. The number of nitrogens with one attached hydrogen (secondary N) is 2. The van der Waals surface area contributed by atoms with Gasteiger partial charge >= 0.3 is 0 Å². The average Bonchev–Trinajstić information content (AvgIpc) is 3.20. The first-order chi connectivity index (χ1) is 10.0. The third-order valence-corrected chi connectivity index (χ3v) is 3.73. The molecular formula is C15H19ClF2N2O2. The number of amides is 1. The molecule has 1 saturated carbocycles. The Morgan fingerprint density at radius 1 is 1.32 bits per heavy atom. The van der Waals surface area contributed by atoms with E-state index in [1.807, 2.05) is 0 Å². The van der Waals surface area contributed by atoms with Gasteiger partial charge in [-0.1, -0.05) is 0 Å². The number of alkyl halides is 2. The summed E-state index contributed by atoms with van der Waals surface area (Å²) in [7, 11) is 0. The highest BCUT2D eigenvalue weighted by molar-refractivity contribution is 5.95. The molecule has 1 atom stereocenters. The lowest BCUT2D eigenvalue weighted by molar-refractivity contribution is -0.118. The van der Waals surface area contributed by atoms with E-state index in [1.54, 1.807) is 24.3 Å². The Kier molecular flexibility index (Phi) is 5.24. The number of benzene rings is 1. The molecule has 0 radical (unpaired) electrons. The van der Waals surface area contributed by atoms with Crippen LogP contribution in [0, 0.1) is 5.92 Å². The largest absolute Gasteiger partial charge is 0.493 e. The third kappa shape index (κ3) is 4.55. The number of ether oxygens (including phenoxy) is 1. The van der Waals surface area contributed by atoms with Crippen molar-refractivity contribution in [2.24, 2.45) is 5.92 Å². The molecule has 22 heavy (non-hydrogen) atoms. The highest BCUT2D eigenvalue weighted by atomic mass is 35.5. The molecule has 1 aromatic carbocycles. The fourth-order valence-electron chi connectivity index (χ4n) is 2.26. The summed E-state index contributed by atoms with van der Waals surface area (Å²) in [5.74, 6) is -1.80. The minimum atomic E-state index is -2.80. The first-order valence-electron chi connectivity index (χ1n) is 7.17. The molecule has 0 aromatic heterocycles. The molecule has 1 saturated heterocycles. The first kappa shape index (κ1) is 17.0. The summed E-state index contributed by atoms with van der Waals surface area (Å²) in [4.78, 5) is 11.9. The van der Waals surface area contributed by atoms with Gasteiger partial charge in [0.15, 0.2) is 0 Å². The zero-order valence-electron chi connectivity index (χ0n) is 12.0. The van der Waals surface area contributed by atoms with Gasteiger partial charge in [0.05, 0.1) is 19.2 Å². The van der Waals surface area contributed by atoms with Crippen molar-refractivity contribution in [3.05, 3.63) is 24.3 Å². The summed E-state index contributed by atoms with van der Waals surface area (Å²) in [6.45, 7) is 0.284. The van der Waals surface area contributed by atoms with Crippen molar-refractivity contribution in [2.75, 3.05) is 18.5 Å². The monoisotopic (exact) mass is 332 g/mol.